The molecule has 1 aromatic carbocycles. The summed E-state index contributed by atoms with van der Waals surface area (Å²) in [7, 11) is 0. The van der Waals surface area contributed by atoms with Crippen LogP contribution in [0.5, 0.6) is 0 Å². The van der Waals surface area contributed by atoms with E-state index < -0.39 is 0 Å². The molecule has 0 amide bonds. The van der Waals surface area contributed by atoms with E-state index >= 15 is 0 Å². The van der Waals surface area contributed by atoms with Crippen molar-refractivity contribution in [2.45, 2.75) is 6.54 Å². The van der Waals surface area contributed by atoms with Gasteiger partial charge in [0.15, 0.2) is 5.96 Å². The van der Waals surface area contributed by atoms with Gasteiger partial charge in [0.05, 0.1) is 6.54 Å². The number of benzene rings is 1. The van der Waals surface area contributed by atoms with Crippen LogP contribution in [0, 0.1) is 5.41 Å². The van der Waals surface area contributed by atoms with E-state index in [-0.39, 0.29) is 5.96 Å². The molecular formula is C10H11N3. The summed E-state index contributed by atoms with van der Waals surface area (Å²) in [5, 5.41) is 7.28. The Labute approximate surface area is 77.0 Å². The first kappa shape index (κ1) is 7.86. The molecule has 1 heterocycles. The molecule has 0 unspecified atom stereocenters. The van der Waals surface area contributed by atoms with Crippen LogP contribution < -0.4 is 5.73 Å². The van der Waals surface area contributed by atoms with Gasteiger partial charge in [0, 0.05) is 6.20 Å². The number of rotatable bonds is 0. The Kier molecular flexibility index (Phi) is 1.77. The summed E-state index contributed by atoms with van der Waals surface area (Å²) in [4.78, 5) is 1.71. The van der Waals surface area contributed by atoms with Gasteiger partial charge in [-0.1, -0.05) is 24.3 Å². The molecular weight excluding hydrogens is 162 g/mol. The standard InChI is InChI=1S/C10H11N3/c11-10(12)13-6-5-8-3-1-2-4-9(8)7-13/h1-6H,7H2,(H3,11,12). The van der Waals surface area contributed by atoms with Crippen LogP contribution >= 0.6 is 0 Å². The predicted molar refractivity (Wildman–Crippen MR) is 52.9 cm³/mol. The third-order valence-corrected chi connectivity index (χ3v) is 2.14. The lowest BCUT2D eigenvalue weighted by atomic mass is 10.0. The van der Waals surface area contributed by atoms with Crippen molar-refractivity contribution in [3.05, 3.63) is 41.6 Å². The largest absolute Gasteiger partial charge is 0.370 e. The maximum Gasteiger partial charge on any atom is 0.192 e. The Hall–Kier alpha value is -1.77. The van der Waals surface area contributed by atoms with E-state index in [0.717, 1.165) is 0 Å². The minimum Gasteiger partial charge on any atom is -0.370 e. The highest BCUT2D eigenvalue weighted by atomic mass is 15.2. The average Bonchev–Trinajstić information content (AvgIpc) is 2.17. The summed E-state index contributed by atoms with van der Waals surface area (Å²) < 4.78 is 0. The van der Waals surface area contributed by atoms with Crippen LogP contribution in [0.1, 0.15) is 11.1 Å². The van der Waals surface area contributed by atoms with Gasteiger partial charge in [0.25, 0.3) is 0 Å². The Morgan fingerprint density at radius 1 is 1.38 bits per heavy atom. The zero-order valence-electron chi connectivity index (χ0n) is 7.20. The monoisotopic (exact) mass is 173 g/mol. The molecule has 0 fully saturated rings. The maximum absolute atomic E-state index is 7.28. The van der Waals surface area contributed by atoms with Crippen molar-refractivity contribution in [1.82, 2.24) is 4.90 Å². The second-order valence-electron chi connectivity index (χ2n) is 3.03. The van der Waals surface area contributed by atoms with Gasteiger partial charge < -0.3 is 10.6 Å². The Bertz CT molecular complexity index is 368. The fourth-order valence-electron chi connectivity index (χ4n) is 1.41. The molecule has 1 aliphatic heterocycles. The summed E-state index contributed by atoms with van der Waals surface area (Å²) in [6.45, 7) is 0.696. The van der Waals surface area contributed by atoms with Gasteiger partial charge in [-0.15, -0.1) is 0 Å². The van der Waals surface area contributed by atoms with E-state index in [2.05, 4.69) is 12.1 Å². The van der Waals surface area contributed by atoms with Gasteiger partial charge in [-0.3, -0.25) is 5.41 Å². The second kappa shape index (κ2) is 2.94. The third-order valence-electron chi connectivity index (χ3n) is 2.14. The van der Waals surface area contributed by atoms with Crippen LogP contribution in [0.4, 0.5) is 0 Å². The first-order valence-corrected chi connectivity index (χ1v) is 4.14. The lowest BCUT2D eigenvalue weighted by Crippen LogP contribution is -2.32. The number of nitrogens with zero attached hydrogens (tertiary/aromatic N) is 1. The number of hydrogen-bond donors (Lipinski definition) is 2. The molecule has 66 valence electrons. The summed E-state index contributed by atoms with van der Waals surface area (Å²) >= 11 is 0. The van der Waals surface area contributed by atoms with Gasteiger partial charge in [-0.2, -0.15) is 0 Å². The van der Waals surface area contributed by atoms with Crippen molar-refractivity contribution in [3.8, 4) is 0 Å². The van der Waals surface area contributed by atoms with E-state index in [0.29, 0.717) is 6.54 Å². The van der Waals surface area contributed by atoms with E-state index in [4.69, 9.17) is 11.1 Å². The molecule has 0 bridgehead atoms. The van der Waals surface area contributed by atoms with E-state index in [1.54, 1.807) is 4.90 Å². The average molecular weight is 173 g/mol. The molecule has 3 N–H and O–H groups in total. The molecule has 13 heavy (non-hydrogen) atoms. The van der Waals surface area contributed by atoms with Crippen LogP contribution in [-0.4, -0.2) is 10.9 Å². The van der Waals surface area contributed by atoms with Crippen molar-refractivity contribution in [3.63, 3.8) is 0 Å². The number of guanidine groups is 1. The zero-order valence-corrected chi connectivity index (χ0v) is 7.20. The van der Waals surface area contributed by atoms with Crippen molar-refractivity contribution < 1.29 is 0 Å². The topological polar surface area (TPSA) is 53.1 Å². The van der Waals surface area contributed by atoms with E-state index in [1.165, 1.54) is 11.1 Å². The van der Waals surface area contributed by atoms with Gasteiger partial charge in [-0.05, 0) is 17.2 Å². The van der Waals surface area contributed by atoms with Crippen LogP contribution in [0.15, 0.2) is 30.5 Å². The van der Waals surface area contributed by atoms with Crippen molar-refractivity contribution in [2.24, 2.45) is 5.73 Å². The fourth-order valence-corrected chi connectivity index (χ4v) is 1.41. The number of fused-ring (bicyclic) bond motifs is 1. The molecule has 2 rings (SSSR count). The van der Waals surface area contributed by atoms with Crippen molar-refractivity contribution >= 4 is 12.0 Å². The quantitative estimate of drug-likeness (QED) is 0.460. The highest BCUT2D eigenvalue weighted by Crippen LogP contribution is 2.18. The normalized spacial score (nSPS) is 14.0. The van der Waals surface area contributed by atoms with Crippen molar-refractivity contribution in [2.75, 3.05) is 0 Å². The molecule has 0 aliphatic carbocycles. The minimum atomic E-state index is 0.0887. The third kappa shape index (κ3) is 1.40. The number of nitrogens with one attached hydrogen (secondary N) is 1. The molecule has 0 saturated heterocycles. The number of hydrogen-bond acceptors (Lipinski definition) is 1. The predicted octanol–water partition coefficient (Wildman–Crippen LogP) is 1.37. The van der Waals surface area contributed by atoms with Gasteiger partial charge in [0.1, 0.15) is 0 Å². The lowest BCUT2D eigenvalue weighted by molar-refractivity contribution is 0.538. The highest BCUT2D eigenvalue weighted by Gasteiger charge is 2.10. The second-order valence-corrected chi connectivity index (χ2v) is 3.03. The van der Waals surface area contributed by atoms with Crippen LogP contribution in [-0.2, 0) is 6.54 Å². The smallest absolute Gasteiger partial charge is 0.192 e. The molecule has 0 spiro atoms. The molecule has 0 radical (unpaired) electrons. The molecule has 0 atom stereocenters. The first-order chi connectivity index (χ1) is 6.27. The van der Waals surface area contributed by atoms with Crippen LogP contribution in [0.3, 0.4) is 0 Å². The van der Waals surface area contributed by atoms with Crippen molar-refractivity contribution in [1.29, 1.82) is 5.41 Å². The minimum absolute atomic E-state index is 0.0887. The number of nitrogens with two attached hydrogens (primary N) is 1. The lowest BCUT2D eigenvalue weighted by Gasteiger charge is -2.23. The van der Waals surface area contributed by atoms with Gasteiger partial charge in [0.2, 0.25) is 0 Å². The summed E-state index contributed by atoms with van der Waals surface area (Å²) in [6, 6.07) is 8.11. The Morgan fingerprint density at radius 2 is 2.15 bits per heavy atom. The summed E-state index contributed by atoms with van der Waals surface area (Å²) in [5.74, 6) is 0.0887. The summed E-state index contributed by atoms with van der Waals surface area (Å²) in [5.41, 5.74) is 7.80. The van der Waals surface area contributed by atoms with E-state index in [1.807, 2.05) is 24.4 Å². The van der Waals surface area contributed by atoms with Gasteiger partial charge >= 0.3 is 0 Å². The maximum atomic E-state index is 7.28. The molecule has 3 nitrogen and oxygen atoms in total. The molecule has 0 aromatic heterocycles. The molecule has 0 saturated carbocycles. The van der Waals surface area contributed by atoms with Gasteiger partial charge in [-0.25, -0.2) is 0 Å². The highest BCUT2D eigenvalue weighted by molar-refractivity contribution is 5.77. The van der Waals surface area contributed by atoms with Crippen LogP contribution in [0.2, 0.25) is 0 Å². The zero-order chi connectivity index (χ0) is 9.26. The first-order valence-electron chi connectivity index (χ1n) is 4.14. The molecule has 1 aliphatic rings. The molecule has 3 heteroatoms. The van der Waals surface area contributed by atoms with Crippen LogP contribution in [0.25, 0.3) is 6.08 Å². The SMILES string of the molecule is N=C(N)N1C=Cc2ccccc2C1. The fraction of sp³-hybridized carbons (Fsp3) is 0.100. The molecule has 1 aromatic rings. The van der Waals surface area contributed by atoms with E-state index in [9.17, 15) is 0 Å². The Morgan fingerprint density at radius 3 is 2.92 bits per heavy atom. The summed E-state index contributed by atoms with van der Waals surface area (Å²) in [6.07, 6.45) is 3.81. The Balaban J connectivity index is 2.34.